The maximum Gasteiger partial charge on any atom is 0.294 e. The van der Waals surface area contributed by atoms with Crippen molar-refractivity contribution < 1.29 is 30.7 Å². The smallest absolute Gasteiger partial charge is 0.294 e. The second kappa shape index (κ2) is 18.6. The van der Waals surface area contributed by atoms with Gasteiger partial charge in [-0.05, 0) is 49.9 Å². The monoisotopic (exact) mass is 610 g/mol. The van der Waals surface area contributed by atoms with Gasteiger partial charge >= 0.3 is 0 Å². The van der Waals surface area contributed by atoms with E-state index in [-0.39, 0.29) is 21.3 Å². The maximum absolute atomic E-state index is 12.2. The number of hydrogen-bond acceptors (Lipinski definition) is 5. The normalized spacial score (nSPS) is 12.1. The molecule has 2 aromatic rings. The summed E-state index contributed by atoms with van der Waals surface area (Å²) in [5.41, 5.74) is 0.743. The molecule has 0 saturated carbocycles. The zero-order chi connectivity index (χ0) is 30.1. The van der Waals surface area contributed by atoms with Gasteiger partial charge in [-0.2, -0.15) is 16.8 Å². The van der Waals surface area contributed by atoms with Crippen molar-refractivity contribution in [1.82, 2.24) is 0 Å². The lowest BCUT2D eigenvalue weighted by Crippen LogP contribution is -2.08. The van der Waals surface area contributed by atoms with E-state index in [9.17, 15) is 25.9 Å². The summed E-state index contributed by atoms with van der Waals surface area (Å²) in [4.78, 5) is -0.401. The molecule has 0 aliphatic heterocycles. The number of benzene rings is 2. The van der Waals surface area contributed by atoms with Crippen molar-refractivity contribution in [2.75, 3.05) is 0 Å². The van der Waals surface area contributed by atoms with Crippen LogP contribution < -0.4 is 4.74 Å². The van der Waals surface area contributed by atoms with Gasteiger partial charge in [0.2, 0.25) is 0 Å². The van der Waals surface area contributed by atoms with E-state index in [1.807, 2.05) is 0 Å². The van der Waals surface area contributed by atoms with E-state index in [4.69, 9.17) is 4.74 Å². The summed E-state index contributed by atoms with van der Waals surface area (Å²) in [6.45, 7) is 4.37. The summed E-state index contributed by atoms with van der Waals surface area (Å²) in [7, 11) is -8.98. The zero-order valence-corrected chi connectivity index (χ0v) is 26.6. The van der Waals surface area contributed by atoms with E-state index in [2.05, 4.69) is 13.8 Å². The van der Waals surface area contributed by atoms with Crippen molar-refractivity contribution in [3.8, 4) is 11.5 Å². The molecule has 2 rings (SSSR count). The van der Waals surface area contributed by atoms with E-state index in [1.165, 1.54) is 75.6 Å². The summed E-state index contributed by atoms with van der Waals surface area (Å²) >= 11 is 0. The fourth-order valence-corrected chi connectivity index (χ4v) is 6.78. The fourth-order valence-electron chi connectivity index (χ4n) is 5.25. The maximum atomic E-state index is 12.2. The van der Waals surface area contributed by atoms with Crippen LogP contribution in [0.25, 0.3) is 0 Å². The molecule has 0 atom stereocenters. The van der Waals surface area contributed by atoms with Crippen molar-refractivity contribution >= 4 is 20.2 Å². The highest BCUT2D eigenvalue weighted by atomic mass is 32.2. The van der Waals surface area contributed by atoms with Crippen LogP contribution in [-0.4, -0.2) is 25.9 Å². The molecule has 0 saturated heterocycles. The first kappa shape index (κ1) is 35.3. The van der Waals surface area contributed by atoms with E-state index in [1.54, 1.807) is 12.1 Å². The number of rotatable bonds is 22. The fraction of sp³-hybridized carbons (Fsp3) is 0.625. The van der Waals surface area contributed by atoms with Crippen LogP contribution in [0.5, 0.6) is 11.5 Å². The third-order valence-electron chi connectivity index (χ3n) is 7.52. The Morgan fingerprint density at radius 2 is 0.829 bits per heavy atom. The van der Waals surface area contributed by atoms with Gasteiger partial charge in [0, 0.05) is 11.1 Å². The Balaban J connectivity index is 2.22. The molecule has 0 bridgehead atoms. The third kappa shape index (κ3) is 12.8. The van der Waals surface area contributed by atoms with Gasteiger partial charge in [0.1, 0.15) is 21.3 Å². The minimum atomic E-state index is -4.49. The summed E-state index contributed by atoms with van der Waals surface area (Å²) < 4.78 is 74.9. The molecule has 0 amide bonds. The average Bonchev–Trinajstić information content (AvgIpc) is 2.91. The average molecular weight is 611 g/mol. The summed E-state index contributed by atoms with van der Waals surface area (Å²) in [6, 6.07) is 8.99. The van der Waals surface area contributed by atoms with Gasteiger partial charge in [-0.1, -0.05) is 116 Å². The Labute approximate surface area is 248 Å². The summed E-state index contributed by atoms with van der Waals surface area (Å²) in [5.74, 6) is 0.514. The van der Waals surface area contributed by atoms with E-state index < -0.39 is 20.2 Å². The molecule has 41 heavy (non-hydrogen) atoms. The second-order valence-corrected chi connectivity index (χ2v) is 13.7. The van der Waals surface area contributed by atoms with Gasteiger partial charge in [0.25, 0.3) is 20.2 Å². The highest BCUT2D eigenvalue weighted by Crippen LogP contribution is 2.36. The Bertz CT molecular complexity index is 1160. The summed E-state index contributed by atoms with van der Waals surface area (Å²) in [6.07, 6.45) is 18.2. The molecule has 0 aliphatic rings. The number of unbranched alkanes of at least 4 members (excludes halogenated alkanes) is 14. The quantitative estimate of drug-likeness (QED) is 0.101. The van der Waals surface area contributed by atoms with Gasteiger partial charge < -0.3 is 4.74 Å². The van der Waals surface area contributed by atoms with E-state index in [0.29, 0.717) is 24.0 Å². The molecule has 0 unspecified atom stereocenters. The highest BCUT2D eigenvalue weighted by Gasteiger charge is 2.23. The Hall–Kier alpha value is -1.94. The highest BCUT2D eigenvalue weighted by molar-refractivity contribution is 7.86. The first-order chi connectivity index (χ1) is 19.6. The molecule has 0 heterocycles. The molecular weight excluding hydrogens is 560 g/mol. The van der Waals surface area contributed by atoms with Crippen molar-refractivity contribution in [2.45, 2.75) is 139 Å². The van der Waals surface area contributed by atoms with Gasteiger partial charge in [0.05, 0.1) is 0 Å². The summed E-state index contributed by atoms with van der Waals surface area (Å²) in [5, 5.41) is 0. The first-order valence-electron chi connectivity index (χ1n) is 15.5. The van der Waals surface area contributed by atoms with Gasteiger partial charge in [-0.25, -0.2) is 0 Å². The van der Waals surface area contributed by atoms with Crippen LogP contribution in [0, 0.1) is 0 Å². The van der Waals surface area contributed by atoms with Crippen LogP contribution >= 0.6 is 0 Å². The van der Waals surface area contributed by atoms with Crippen LogP contribution in [0.4, 0.5) is 0 Å². The Morgan fingerprint density at radius 3 is 1.15 bits per heavy atom. The topological polar surface area (TPSA) is 118 Å². The van der Waals surface area contributed by atoms with E-state index in [0.717, 1.165) is 51.4 Å². The van der Waals surface area contributed by atoms with Gasteiger partial charge in [-0.3, -0.25) is 9.11 Å². The molecular formula is C32H50O7S2. The Kier molecular flexibility index (Phi) is 16.0. The van der Waals surface area contributed by atoms with Crippen molar-refractivity contribution in [1.29, 1.82) is 0 Å². The Morgan fingerprint density at radius 1 is 0.512 bits per heavy atom. The van der Waals surface area contributed by atoms with Gasteiger partial charge in [-0.15, -0.1) is 0 Å². The lowest BCUT2D eigenvalue weighted by molar-refractivity contribution is 0.451. The predicted octanol–water partition coefficient (Wildman–Crippen LogP) is 9.34. The van der Waals surface area contributed by atoms with Crippen LogP contribution in [0.1, 0.15) is 128 Å². The number of ether oxygens (including phenoxy) is 1. The molecule has 2 N–H and O–H groups in total. The minimum absolute atomic E-state index is 0.200. The SMILES string of the molecule is CCCCCCCCCCc1c(Oc2cccc(S(=O)(=O)O)c2CCCCCCCCCC)cccc1S(=O)(=O)O. The van der Waals surface area contributed by atoms with Crippen LogP contribution in [0.15, 0.2) is 46.2 Å². The van der Waals surface area contributed by atoms with Crippen LogP contribution in [0.2, 0.25) is 0 Å². The van der Waals surface area contributed by atoms with Gasteiger partial charge in [0.15, 0.2) is 0 Å². The van der Waals surface area contributed by atoms with Crippen LogP contribution in [-0.2, 0) is 33.1 Å². The van der Waals surface area contributed by atoms with Crippen molar-refractivity contribution in [3.05, 3.63) is 47.5 Å². The number of hydrogen-bond donors (Lipinski definition) is 2. The molecule has 0 radical (unpaired) electrons. The minimum Gasteiger partial charge on any atom is -0.457 e. The molecule has 0 aliphatic carbocycles. The van der Waals surface area contributed by atoms with Crippen molar-refractivity contribution in [2.24, 2.45) is 0 Å². The molecule has 2 aromatic carbocycles. The standard InChI is InChI=1S/C32H50O7S2/c1-3-5-7-9-11-13-15-17-21-27-29(23-19-25-31(27)40(33,34)35)39-30-24-20-26-32(41(36,37)38)28(30)22-18-16-14-12-10-8-6-4-2/h19-20,23-26H,3-18,21-22H2,1-2H3,(H,33,34,35)(H,36,37,38). The molecule has 9 heteroatoms. The van der Waals surface area contributed by atoms with E-state index >= 15 is 0 Å². The first-order valence-corrected chi connectivity index (χ1v) is 18.3. The lowest BCUT2D eigenvalue weighted by atomic mass is 10.0. The largest absolute Gasteiger partial charge is 0.457 e. The molecule has 0 aromatic heterocycles. The molecule has 232 valence electrons. The molecule has 0 spiro atoms. The lowest BCUT2D eigenvalue weighted by Gasteiger charge is -2.18. The van der Waals surface area contributed by atoms with Crippen molar-refractivity contribution in [3.63, 3.8) is 0 Å². The molecule has 0 fully saturated rings. The molecule has 7 nitrogen and oxygen atoms in total. The van der Waals surface area contributed by atoms with Crippen LogP contribution in [0.3, 0.4) is 0 Å². The zero-order valence-electron chi connectivity index (χ0n) is 24.9. The third-order valence-corrected chi connectivity index (χ3v) is 9.39. The second-order valence-electron chi connectivity index (χ2n) is 11.0. The predicted molar refractivity (Wildman–Crippen MR) is 165 cm³/mol.